The maximum atomic E-state index is 14.6. The molecule has 8 atom stereocenters. The van der Waals surface area contributed by atoms with Crippen molar-refractivity contribution < 1.29 is 33.8 Å². The lowest BCUT2D eigenvalue weighted by atomic mass is 9.77. The van der Waals surface area contributed by atoms with Crippen molar-refractivity contribution in [2.45, 2.75) is 88.8 Å². The van der Waals surface area contributed by atoms with Crippen LogP contribution in [-0.4, -0.2) is 94.2 Å². The number of carbonyl (C=O) groups is 4. The summed E-state index contributed by atoms with van der Waals surface area (Å²) in [5.74, 6) is -3.47. The van der Waals surface area contributed by atoms with Crippen LogP contribution in [0.5, 0.6) is 0 Å². The van der Waals surface area contributed by atoms with Gasteiger partial charge in [-0.1, -0.05) is 68.0 Å². The largest absolute Gasteiger partial charge is 0.460 e. The van der Waals surface area contributed by atoms with E-state index in [1.165, 1.54) is 4.90 Å². The quantitative estimate of drug-likeness (QED) is 0.367. The highest BCUT2D eigenvalue weighted by atomic mass is 16.6. The van der Waals surface area contributed by atoms with Crippen LogP contribution in [0.1, 0.15) is 52.0 Å². The van der Waals surface area contributed by atoms with E-state index in [2.05, 4.69) is 12.2 Å². The van der Waals surface area contributed by atoms with E-state index in [9.17, 15) is 24.3 Å². The molecule has 0 saturated carbocycles. The zero-order valence-electron chi connectivity index (χ0n) is 25.2. The number of hydrogen-bond donors (Lipinski definition) is 2. The number of carbonyl (C=O) groups excluding carboxylic acids is 4. The highest BCUT2D eigenvalue weighted by molar-refractivity contribution is 5.99. The predicted molar refractivity (Wildman–Crippen MR) is 158 cm³/mol. The Kier molecular flexibility index (Phi) is 9.36. The number of allylic oxidation sites excluding steroid dienone is 1. The fourth-order valence-corrected chi connectivity index (χ4v) is 7.12. The number of nitrogens with zero attached hydrogens (tertiary/aromatic N) is 2. The monoisotopic (exact) mass is 593 g/mol. The van der Waals surface area contributed by atoms with Crippen LogP contribution in [0.4, 0.5) is 0 Å². The normalized spacial score (nSPS) is 33.3. The molecule has 2 fully saturated rings. The first-order valence-electron chi connectivity index (χ1n) is 15.5. The molecule has 2 N–H and O–H groups in total. The number of rotatable bonds is 7. The summed E-state index contributed by atoms with van der Waals surface area (Å²) in [4.78, 5) is 58.5. The van der Waals surface area contributed by atoms with Gasteiger partial charge in [-0.2, -0.15) is 0 Å². The second-order valence-electron chi connectivity index (χ2n) is 12.2. The smallest absolute Gasteiger partial charge is 0.313 e. The molecule has 1 aromatic carbocycles. The molecule has 1 spiro atoms. The summed E-state index contributed by atoms with van der Waals surface area (Å²) in [6.45, 7) is 5.88. The zero-order valence-corrected chi connectivity index (χ0v) is 25.2. The molecule has 5 rings (SSSR count). The molecule has 0 bridgehead atoms. The highest BCUT2D eigenvalue weighted by Gasteiger charge is 2.72. The average molecular weight is 594 g/mol. The molecule has 2 saturated heterocycles. The van der Waals surface area contributed by atoms with Gasteiger partial charge in [-0.3, -0.25) is 19.2 Å². The number of cyclic esters (lactones) is 1. The Morgan fingerprint density at radius 3 is 2.60 bits per heavy atom. The van der Waals surface area contributed by atoms with Gasteiger partial charge in [-0.05, 0) is 38.7 Å². The Morgan fingerprint density at radius 2 is 1.88 bits per heavy atom. The lowest BCUT2D eigenvalue weighted by Gasteiger charge is -2.40. The third kappa shape index (κ3) is 5.87. The van der Waals surface area contributed by atoms with Crippen molar-refractivity contribution in [3.8, 4) is 0 Å². The number of esters is 1. The van der Waals surface area contributed by atoms with E-state index in [-0.39, 0.29) is 37.4 Å². The summed E-state index contributed by atoms with van der Waals surface area (Å²) >= 11 is 0. The second-order valence-corrected chi connectivity index (χ2v) is 12.2. The van der Waals surface area contributed by atoms with Gasteiger partial charge in [0.05, 0.1) is 31.2 Å². The summed E-state index contributed by atoms with van der Waals surface area (Å²) < 4.78 is 12.5. The number of aliphatic hydroxyl groups is 1. The lowest BCUT2D eigenvalue weighted by molar-refractivity contribution is -0.159. The zero-order chi connectivity index (χ0) is 30.7. The number of benzene rings is 1. The Hall–Kier alpha value is -3.50. The molecule has 4 aliphatic heterocycles. The standard InChI is InChI=1S/C33H43N3O7/c1-4-11-21(2)35-17-10-16-33-28(27-25(43-33)14-8-9-15-26(38)34-19-22(3)42-32(27)41)30(39)36(29(33)31(35)40)24(20-37)18-23-12-6-5-7-13-23/h5-8,10,12-14,16,21-22,24-25,27-29,37H,4,9,11,15,17-20H2,1-3H3,(H,34,38)/b14-8-/t21?,22-,24+,25-,27+,28+,29-,33+/m0/s1. The Balaban J connectivity index is 1.60. The van der Waals surface area contributed by atoms with E-state index in [0.29, 0.717) is 19.4 Å². The number of fused-ring (bicyclic) bond motifs is 2. The third-order valence-electron chi connectivity index (χ3n) is 9.16. The van der Waals surface area contributed by atoms with Crippen LogP contribution in [0.2, 0.25) is 0 Å². The van der Waals surface area contributed by atoms with Crippen molar-refractivity contribution in [2.75, 3.05) is 19.7 Å². The summed E-state index contributed by atoms with van der Waals surface area (Å²) in [5, 5.41) is 13.4. The van der Waals surface area contributed by atoms with Crippen LogP contribution in [0.3, 0.4) is 0 Å². The van der Waals surface area contributed by atoms with Crippen molar-refractivity contribution >= 4 is 23.7 Å². The van der Waals surface area contributed by atoms with Gasteiger partial charge in [0.1, 0.15) is 23.7 Å². The first-order valence-corrected chi connectivity index (χ1v) is 15.5. The Morgan fingerprint density at radius 1 is 1.12 bits per heavy atom. The number of ether oxygens (including phenoxy) is 2. The number of likely N-dealkylation sites (tertiary alicyclic amines) is 1. The fourth-order valence-electron chi connectivity index (χ4n) is 7.12. The van der Waals surface area contributed by atoms with Crippen LogP contribution in [0, 0.1) is 11.8 Å². The summed E-state index contributed by atoms with van der Waals surface area (Å²) in [6.07, 6.45) is 8.42. The van der Waals surface area contributed by atoms with E-state index in [1.54, 1.807) is 30.1 Å². The van der Waals surface area contributed by atoms with Crippen molar-refractivity contribution in [1.82, 2.24) is 15.1 Å². The molecular weight excluding hydrogens is 550 g/mol. The molecule has 0 radical (unpaired) electrons. The van der Waals surface area contributed by atoms with Gasteiger partial charge in [-0.25, -0.2) is 0 Å². The SMILES string of the molecule is CCCC(C)N1CC=C[C@@]23O[C@H]4/C=C\CCC(=O)NC[C@H](C)OC(=O)[C@H]4[C@@H]2C(=O)N([C@@H](CO)Cc2ccccc2)[C@H]3C1=O. The Labute approximate surface area is 253 Å². The van der Waals surface area contributed by atoms with Gasteiger partial charge in [-0.15, -0.1) is 0 Å². The van der Waals surface area contributed by atoms with Crippen LogP contribution in [0.15, 0.2) is 54.6 Å². The molecule has 3 amide bonds. The first-order chi connectivity index (χ1) is 20.7. The topological polar surface area (TPSA) is 125 Å². The predicted octanol–water partition coefficient (Wildman–Crippen LogP) is 2.16. The van der Waals surface area contributed by atoms with Gasteiger partial charge < -0.3 is 29.7 Å². The summed E-state index contributed by atoms with van der Waals surface area (Å²) in [5.41, 5.74) is -0.522. The molecule has 4 aliphatic rings. The third-order valence-corrected chi connectivity index (χ3v) is 9.16. The maximum Gasteiger partial charge on any atom is 0.313 e. The van der Waals surface area contributed by atoms with Gasteiger partial charge in [0, 0.05) is 19.0 Å². The van der Waals surface area contributed by atoms with Gasteiger partial charge in [0.2, 0.25) is 17.7 Å². The van der Waals surface area contributed by atoms with E-state index >= 15 is 0 Å². The first kappa shape index (κ1) is 30.9. The van der Waals surface area contributed by atoms with E-state index in [0.717, 1.165) is 18.4 Å². The minimum absolute atomic E-state index is 0.0830. The average Bonchev–Trinajstić information content (AvgIpc) is 3.38. The molecule has 10 nitrogen and oxygen atoms in total. The van der Waals surface area contributed by atoms with Crippen LogP contribution in [0.25, 0.3) is 0 Å². The molecular formula is C33H43N3O7. The Bertz CT molecular complexity index is 1270. The number of aliphatic hydroxyl groups excluding tert-OH is 1. The van der Waals surface area contributed by atoms with Crippen LogP contribution in [-0.2, 0) is 35.1 Å². The molecule has 10 heteroatoms. The molecule has 0 aliphatic carbocycles. The van der Waals surface area contributed by atoms with Gasteiger partial charge in [0.15, 0.2) is 0 Å². The van der Waals surface area contributed by atoms with E-state index in [1.807, 2.05) is 43.3 Å². The number of nitrogens with one attached hydrogen (secondary N) is 1. The molecule has 232 valence electrons. The number of hydrogen-bond acceptors (Lipinski definition) is 7. The van der Waals surface area contributed by atoms with Crippen molar-refractivity contribution in [3.05, 3.63) is 60.2 Å². The minimum Gasteiger partial charge on any atom is -0.460 e. The number of amides is 3. The van der Waals surface area contributed by atoms with E-state index < -0.39 is 53.6 Å². The molecule has 1 unspecified atom stereocenters. The van der Waals surface area contributed by atoms with E-state index in [4.69, 9.17) is 9.47 Å². The highest BCUT2D eigenvalue weighted by Crippen LogP contribution is 2.54. The van der Waals surface area contributed by atoms with Crippen molar-refractivity contribution in [1.29, 1.82) is 0 Å². The maximum absolute atomic E-state index is 14.6. The summed E-state index contributed by atoms with van der Waals surface area (Å²) in [6, 6.07) is 7.66. The lowest BCUT2D eigenvalue weighted by Crippen LogP contribution is -2.59. The second kappa shape index (κ2) is 13.0. The minimum atomic E-state index is -1.44. The summed E-state index contributed by atoms with van der Waals surface area (Å²) in [7, 11) is 0. The van der Waals surface area contributed by atoms with Crippen LogP contribution < -0.4 is 5.32 Å². The van der Waals surface area contributed by atoms with Gasteiger partial charge in [0.25, 0.3) is 0 Å². The fraction of sp³-hybridized carbons (Fsp3) is 0.576. The van der Waals surface area contributed by atoms with Gasteiger partial charge >= 0.3 is 5.97 Å². The molecule has 4 heterocycles. The molecule has 43 heavy (non-hydrogen) atoms. The molecule has 0 aromatic heterocycles. The molecule has 1 aromatic rings. The van der Waals surface area contributed by atoms with Crippen molar-refractivity contribution in [3.63, 3.8) is 0 Å². The van der Waals surface area contributed by atoms with Crippen molar-refractivity contribution in [2.24, 2.45) is 11.8 Å². The van der Waals surface area contributed by atoms with Crippen LogP contribution >= 0.6 is 0 Å².